The average Bonchev–Trinajstić information content (AvgIpc) is 3.15. The van der Waals surface area contributed by atoms with E-state index in [4.69, 9.17) is 25.6 Å². The summed E-state index contributed by atoms with van der Waals surface area (Å²) in [5.74, 6) is 1.01. The van der Waals surface area contributed by atoms with E-state index in [9.17, 15) is 8.42 Å². The number of nitrogens with zero attached hydrogens (tertiary/aromatic N) is 3. The second kappa shape index (κ2) is 8.17. The first kappa shape index (κ1) is 20.1. The van der Waals surface area contributed by atoms with Gasteiger partial charge >= 0.3 is 0 Å². The quantitative estimate of drug-likeness (QED) is 0.575. The fourth-order valence-corrected chi connectivity index (χ4v) is 4.01. The molecule has 0 N–H and O–H groups in total. The summed E-state index contributed by atoms with van der Waals surface area (Å²) in [7, 11) is 0.361. The van der Waals surface area contributed by atoms with Crippen molar-refractivity contribution in [3.05, 3.63) is 53.4 Å². The molecule has 148 valence electrons. The van der Waals surface area contributed by atoms with Gasteiger partial charge in [-0.15, -0.1) is 0 Å². The standard InChI is InChI=1S/C18H18ClN3O5S/c1-22(28(23,24)16-10-12(25-2)8-9-15(16)26-3)11-17-20-18(21-27-17)13-6-4-5-7-14(13)19/h4-10H,11H2,1-3H3. The van der Waals surface area contributed by atoms with Crippen LogP contribution in [0, 0.1) is 0 Å². The lowest BCUT2D eigenvalue weighted by Gasteiger charge is -2.17. The normalized spacial score (nSPS) is 11.6. The lowest BCUT2D eigenvalue weighted by molar-refractivity contribution is 0.335. The zero-order valence-corrected chi connectivity index (χ0v) is 17.0. The Kier molecular flexibility index (Phi) is 5.87. The molecule has 0 aliphatic rings. The molecular formula is C18H18ClN3O5S. The molecule has 0 fully saturated rings. The molecule has 1 heterocycles. The minimum absolute atomic E-state index is 0.0253. The number of aromatic nitrogens is 2. The van der Waals surface area contributed by atoms with E-state index >= 15 is 0 Å². The maximum Gasteiger partial charge on any atom is 0.247 e. The number of ether oxygens (including phenoxy) is 2. The molecule has 3 aromatic rings. The van der Waals surface area contributed by atoms with E-state index in [1.54, 1.807) is 30.3 Å². The molecule has 0 unspecified atom stereocenters. The van der Waals surface area contributed by atoms with Crippen LogP contribution in [-0.4, -0.2) is 44.1 Å². The fraction of sp³-hybridized carbons (Fsp3) is 0.222. The highest BCUT2D eigenvalue weighted by Gasteiger charge is 2.27. The number of rotatable bonds is 7. The van der Waals surface area contributed by atoms with Crippen molar-refractivity contribution in [2.24, 2.45) is 0 Å². The first-order chi connectivity index (χ1) is 13.4. The molecule has 0 aliphatic carbocycles. The third-order valence-corrected chi connectivity index (χ3v) is 6.15. The molecule has 1 aromatic heterocycles. The van der Waals surface area contributed by atoms with Crippen molar-refractivity contribution in [2.75, 3.05) is 21.3 Å². The van der Waals surface area contributed by atoms with Crippen molar-refractivity contribution in [2.45, 2.75) is 11.4 Å². The number of hydrogen-bond acceptors (Lipinski definition) is 7. The van der Waals surface area contributed by atoms with Crippen molar-refractivity contribution < 1.29 is 22.4 Å². The predicted molar refractivity (Wildman–Crippen MR) is 103 cm³/mol. The average molecular weight is 424 g/mol. The van der Waals surface area contributed by atoms with Crippen LogP contribution in [0.2, 0.25) is 5.02 Å². The van der Waals surface area contributed by atoms with Crippen molar-refractivity contribution in [3.8, 4) is 22.9 Å². The van der Waals surface area contributed by atoms with E-state index < -0.39 is 10.0 Å². The smallest absolute Gasteiger partial charge is 0.247 e. The van der Waals surface area contributed by atoms with Crippen LogP contribution in [0.1, 0.15) is 5.89 Å². The molecule has 0 aliphatic heterocycles. The summed E-state index contributed by atoms with van der Waals surface area (Å²) in [6, 6.07) is 11.6. The number of methoxy groups -OCH3 is 2. The van der Waals surface area contributed by atoms with Gasteiger partial charge in [-0.3, -0.25) is 0 Å². The molecule has 2 aromatic carbocycles. The van der Waals surface area contributed by atoms with Gasteiger partial charge in [0.25, 0.3) is 0 Å². The number of sulfonamides is 1. The van der Waals surface area contributed by atoms with Gasteiger partial charge in [0, 0.05) is 18.7 Å². The Morgan fingerprint density at radius 1 is 1.14 bits per heavy atom. The summed E-state index contributed by atoms with van der Waals surface area (Å²) in [4.78, 5) is 4.22. The van der Waals surface area contributed by atoms with Gasteiger partial charge in [0.1, 0.15) is 16.4 Å². The highest BCUT2D eigenvalue weighted by atomic mass is 35.5. The Morgan fingerprint density at radius 3 is 2.57 bits per heavy atom. The monoisotopic (exact) mass is 423 g/mol. The predicted octanol–water partition coefficient (Wildman–Crippen LogP) is 3.23. The van der Waals surface area contributed by atoms with Crippen LogP contribution in [0.15, 0.2) is 51.9 Å². The van der Waals surface area contributed by atoms with Crippen LogP contribution >= 0.6 is 11.6 Å². The molecule has 0 amide bonds. The van der Waals surface area contributed by atoms with Crippen molar-refractivity contribution in [1.82, 2.24) is 14.4 Å². The molecular weight excluding hydrogens is 406 g/mol. The molecule has 0 spiro atoms. The van der Waals surface area contributed by atoms with Crippen LogP contribution in [0.4, 0.5) is 0 Å². The minimum atomic E-state index is -3.90. The lowest BCUT2D eigenvalue weighted by atomic mass is 10.2. The van der Waals surface area contributed by atoms with E-state index in [-0.39, 0.29) is 28.9 Å². The zero-order chi connectivity index (χ0) is 20.3. The highest BCUT2D eigenvalue weighted by molar-refractivity contribution is 7.89. The van der Waals surface area contributed by atoms with Crippen LogP contribution in [0.5, 0.6) is 11.5 Å². The lowest BCUT2D eigenvalue weighted by Crippen LogP contribution is -2.27. The van der Waals surface area contributed by atoms with E-state index in [2.05, 4.69) is 10.1 Å². The molecule has 3 rings (SSSR count). The van der Waals surface area contributed by atoms with Crippen molar-refractivity contribution in [3.63, 3.8) is 0 Å². The maximum absolute atomic E-state index is 13.0. The topological polar surface area (TPSA) is 94.8 Å². The summed E-state index contributed by atoms with van der Waals surface area (Å²) in [5.41, 5.74) is 0.596. The molecule has 0 radical (unpaired) electrons. The fourth-order valence-electron chi connectivity index (χ4n) is 2.50. The van der Waals surface area contributed by atoms with Gasteiger partial charge in [-0.1, -0.05) is 28.9 Å². The van der Waals surface area contributed by atoms with Gasteiger partial charge in [0.15, 0.2) is 0 Å². The van der Waals surface area contributed by atoms with E-state index in [1.807, 2.05) is 0 Å². The van der Waals surface area contributed by atoms with Crippen molar-refractivity contribution in [1.29, 1.82) is 0 Å². The number of hydrogen-bond donors (Lipinski definition) is 0. The Morgan fingerprint density at radius 2 is 1.89 bits per heavy atom. The molecule has 10 heteroatoms. The third kappa shape index (κ3) is 3.96. The number of benzene rings is 2. The van der Waals surface area contributed by atoms with Gasteiger partial charge in [-0.2, -0.15) is 9.29 Å². The largest absolute Gasteiger partial charge is 0.497 e. The molecule has 0 saturated carbocycles. The van der Waals surface area contributed by atoms with Crippen molar-refractivity contribution >= 4 is 21.6 Å². The maximum atomic E-state index is 13.0. The molecule has 28 heavy (non-hydrogen) atoms. The van der Waals surface area contributed by atoms with Gasteiger partial charge in [-0.05, 0) is 24.3 Å². The van der Waals surface area contributed by atoms with E-state index in [1.165, 1.54) is 33.4 Å². The van der Waals surface area contributed by atoms with Crippen LogP contribution in [0.25, 0.3) is 11.4 Å². The summed E-state index contributed by atoms with van der Waals surface area (Å²) in [6.45, 7) is -0.125. The van der Waals surface area contributed by atoms with Gasteiger partial charge in [0.2, 0.25) is 21.7 Å². The molecule has 0 atom stereocenters. The molecule has 8 nitrogen and oxygen atoms in total. The third-order valence-electron chi connectivity index (χ3n) is 4.00. The Labute approximate surface area is 167 Å². The Hall–Kier alpha value is -2.62. The molecule has 0 bridgehead atoms. The SMILES string of the molecule is COc1ccc(OC)c(S(=O)(=O)N(C)Cc2nc(-c3ccccc3Cl)no2)c1. The zero-order valence-electron chi connectivity index (χ0n) is 15.4. The number of halogens is 1. The second-order valence-electron chi connectivity index (χ2n) is 5.77. The van der Waals surface area contributed by atoms with E-state index in [0.717, 1.165) is 4.31 Å². The van der Waals surface area contributed by atoms with Gasteiger partial charge < -0.3 is 14.0 Å². The van der Waals surface area contributed by atoms with E-state index in [0.29, 0.717) is 16.3 Å². The highest BCUT2D eigenvalue weighted by Crippen LogP contribution is 2.31. The minimum Gasteiger partial charge on any atom is -0.497 e. The second-order valence-corrected chi connectivity index (χ2v) is 8.19. The summed E-state index contributed by atoms with van der Waals surface area (Å²) < 4.78 is 42.6. The van der Waals surface area contributed by atoms with Crippen LogP contribution in [-0.2, 0) is 16.6 Å². The summed E-state index contributed by atoms with van der Waals surface area (Å²) in [6.07, 6.45) is 0. The van der Waals surface area contributed by atoms with Gasteiger partial charge in [-0.25, -0.2) is 8.42 Å². The van der Waals surface area contributed by atoms with Gasteiger partial charge in [0.05, 0.1) is 25.8 Å². The Bertz CT molecular complexity index is 1080. The first-order valence-corrected chi connectivity index (χ1v) is 9.94. The van der Waals surface area contributed by atoms with Crippen LogP contribution in [0.3, 0.4) is 0 Å². The summed E-state index contributed by atoms with van der Waals surface area (Å²) >= 11 is 6.13. The summed E-state index contributed by atoms with van der Waals surface area (Å²) in [5, 5.41) is 4.35. The Balaban J connectivity index is 1.87. The van der Waals surface area contributed by atoms with Crippen LogP contribution < -0.4 is 9.47 Å². The first-order valence-electron chi connectivity index (χ1n) is 8.12. The molecule has 0 saturated heterocycles.